The third-order valence-corrected chi connectivity index (χ3v) is 8.74. The fourth-order valence-electron chi connectivity index (χ4n) is 5.33. The van der Waals surface area contributed by atoms with E-state index in [1.165, 1.54) is 4.68 Å². The lowest BCUT2D eigenvalue weighted by atomic mass is 10.1. The predicted molar refractivity (Wildman–Crippen MR) is 183 cm³/mol. The number of nitrogens with one attached hydrogen (secondary N) is 2. The molecule has 0 saturated carbocycles. The third kappa shape index (κ3) is 7.49. The molecule has 2 aromatic heterocycles. The molecule has 3 atom stereocenters. The lowest BCUT2D eigenvalue weighted by molar-refractivity contribution is -0.191. The third-order valence-electron chi connectivity index (χ3n) is 8.19. The van der Waals surface area contributed by atoms with Crippen LogP contribution in [0.15, 0.2) is 77.9 Å². The molecule has 1 aliphatic heterocycles. The zero-order chi connectivity index (χ0) is 33.7. The van der Waals surface area contributed by atoms with Crippen LogP contribution in [0.5, 0.6) is 5.75 Å². The highest BCUT2D eigenvalue weighted by Gasteiger charge is 2.46. The Morgan fingerprint density at radius 1 is 1.04 bits per heavy atom. The Labute approximate surface area is 287 Å². The van der Waals surface area contributed by atoms with Crippen LogP contribution < -0.4 is 21.1 Å². The largest absolute Gasteiger partial charge is 0.491 e. The van der Waals surface area contributed by atoms with Crippen LogP contribution in [-0.4, -0.2) is 67.0 Å². The molecule has 252 valence electrons. The second kappa shape index (κ2) is 14.8. The first kappa shape index (κ1) is 33.5. The van der Waals surface area contributed by atoms with Crippen molar-refractivity contribution in [3.05, 3.63) is 105 Å². The number of tetrazole rings is 1. The van der Waals surface area contributed by atoms with Gasteiger partial charge in [-0.25, -0.2) is 18.7 Å². The van der Waals surface area contributed by atoms with Crippen molar-refractivity contribution >= 4 is 34.6 Å². The molecule has 5 aromatic rings. The molecule has 1 unspecified atom stereocenters. The number of anilines is 2. The van der Waals surface area contributed by atoms with E-state index in [0.717, 1.165) is 23.5 Å². The zero-order valence-electron chi connectivity index (χ0n) is 26.8. The molecule has 1 saturated heterocycles. The number of hydrogen-bond donors (Lipinski definition) is 2. The van der Waals surface area contributed by atoms with Crippen LogP contribution in [0.25, 0.3) is 5.69 Å². The molecule has 0 bridgehead atoms. The van der Waals surface area contributed by atoms with Gasteiger partial charge in [-0.3, -0.25) is 0 Å². The molecule has 0 spiro atoms. The maximum absolute atomic E-state index is 12.7. The number of benzene rings is 3. The van der Waals surface area contributed by atoms with Crippen LogP contribution in [0.3, 0.4) is 0 Å². The van der Waals surface area contributed by atoms with Crippen molar-refractivity contribution < 1.29 is 14.2 Å². The van der Waals surface area contributed by atoms with Crippen LogP contribution >= 0.6 is 23.2 Å². The van der Waals surface area contributed by atoms with E-state index in [2.05, 4.69) is 31.3 Å². The van der Waals surface area contributed by atoms with E-state index in [1.54, 1.807) is 40.7 Å². The molecule has 15 heteroatoms. The van der Waals surface area contributed by atoms with Crippen molar-refractivity contribution in [2.75, 3.05) is 36.9 Å². The lowest BCUT2D eigenvalue weighted by Gasteiger charge is -2.29. The summed E-state index contributed by atoms with van der Waals surface area (Å²) in [6.45, 7) is 7.99. The minimum Gasteiger partial charge on any atom is -0.491 e. The molecule has 2 N–H and O–H groups in total. The fraction of sp³-hybridized carbons (Fsp3) is 0.364. The molecule has 6 rings (SSSR count). The molecule has 3 aromatic carbocycles. The second-order valence-electron chi connectivity index (χ2n) is 11.5. The first-order valence-electron chi connectivity index (χ1n) is 15.7. The first-order chi connectivity index (χ1) is 23.2. The fourth-order valence-corrected chi connectivity index (χ4v) is 5.88. The van der Waals surface area contributed by atoms with E-state index in [9.17, 15) is 4.79 Å². The second-order valence-corrected chi connectivity index (χ2v) is 12.4. The molecule has 1 fully saturated rings. The van der Waals surface area contributed by atoms with Gasteiger partial charge in [-0.2, -0.15) is 5.10 Å². The van der Waals surface area contributed by atoms with E-state index in [-0.39, 0.29) is 37.6 Å². The minimum absolute atomic E-state index is 0.0558. The van der Waals surface area contributed by atoms with Crippen molar-refractivity contribution in [3.63, 3.8) is 0 Å². The molecule has 0 amide bonds. The predicted octanol–water partition coefficient (Wildman–Crippen LogP) is 5.48. The number of nitrogens with zero attached hydrogens (tertiary/aromatic N) is 7. The maximum Gasteiger partial charge on any atom is 0.350 e. The van der Waals surface area contributed by atoms with Gasteiger partial charge in [0.15, 0.2) is 0 Å². The summed E-state index contributed by atoms with van der Waals surface area (Å²) in [4.78, 5) is 12.7. The van der Waals surface area contributed by atoms with E-state index < -0.39 is 5.79 Å². The van der Waals surface area contributed by atoms with Gasteiger partial charge in [0.1, 0.15) is 37.2 Å². The van der Waals surface area contributed by atoms with Crippen molar-refractivity contribution in [2.45, 2.75) is 51.7 Å². The van der Waals surface area contributed by atoms with Crippen molar-refractivity contribution in [1.82, 2.24) is 34.6 Å². The van der Waals surface area contributed by atoms with E-state index >= 15 is 0 Å². The molecule has 3 heterocycles. The minimum atomic E-state index is -1.21. The highest BCUT2D eigenvalue weighted by molar-refractivity contribution is 6.35. The standard InChI is InChI=1S/C33H37Cl2N9O4/c1-4-22(2)44-32(45)42(21-38-44)27-10-6-25(7-11-27)36-15-16-37-26-8-12-28(13-9-26)46-18-29-19-47-33(48-29,20-43-23(3)39-40-41-43)30-14-5-24(34)17-31(30)35/h5-14,17,21-22,29,36-37H,4,15-16,18-20H2,1-3H3/t22?,29-,33-/m1/s1. The molecule has 1 aliphatic rings. The Hall–Kier alpha value is -4.43. The van der Waals surface area contributed by atoms with Crippen molar-refractivity contribution in [1.29, 1.82) is 0 Å². The number of aryl methyl sites for hydroxylation is 1. The van der Waals surface area contributed by atoms with Gasteiger partial charge in [-0.1, -0.05) is 36.2 Å². The normalized spacial score (nSPS) is 18.1. The molecule has 13 nitrogen and oxygen atoms in total. The quantitative estimate of drug-likeness (QED) is 0.144. The van der Waals surface area contributed by atoms with E-state index in [0.29, 0.717) is 40.3 Å². The highest BCUT2D eigenvalue weighted by atomic mass is 35.5. The summed E-state index contributed by atoms with van der Waals surface area (Å²) in [6.07, 6.45) is 2.04. The van der Waals surface area contributed by atoms with Gasteiger partial charge in [0.2, 0.25) is 5.79 Å². The van der Waals surface area contributed by atoms with Crippen LogP contribution in [0.1, 0.15) is 37.7 Å². The Morgan fingerprint density at radius 3 is 2.40 bits per heavy atom. The van der Waals surface area contributed by atoms with Crippen LogP contribution in [0.2, 0.25) is 10.0 Å². The Balaban J connectivity index is 0.976. The summed E-state index contributed by atoms with van der Waals surface area (Å²) < 4.78 is 23.4. The number of ether oxygens (including phenoxy) is 3. The maximum atomic E-state index is 12.7. The van der Waals surface area contributed by atoms with Crippen LogP contribution in [0, 0.1) is 6.92 Å². The first-order valence-corrected chi connectivity index (χ1v) is 16.5. The van der Waals surface area contributed by atoms with Crippen LogP contribution in [0.4, 0.5) is 11.4 Å². The summed E-state index contributed by atoms with van der Waals surface area (Å²) in [5.74, 6) is 0.108. The van der Waals surface area contributed by atoms with Gasteiger partial charge >= 0.3 is 5.69 Å². The molecular weight excluding hydrogens is 657 g/mol. The average molecular weight is 695 g/mol. The number of rotatable bonds is 14. The lowest BCUT2D eigenvalue weighted by Crippen LogP contribution is -2.35. The average Bonchev–Trinajstić information content (AvgIpc) is 3.81. The smallest absolute Gasteiger partial charge is 0.350 e. The summed E-state index contributed by atoms with van der Waals surface area (Å²) in [6, 6.07) is 20.7. The number of halogens is 2. The summed E-state index contributed by atoms with van der Waals surface area (Å²) in [5.41, 5.74) is 3.19. The molecular formula is C33H37Cl2N9O4. The summed E-state index contributed by atoms with van der Waals surface area (Å²) in [7, 11) is 0. The highest BCUT2D eigenvalue weighted by Crippen LogP contribution is 2.40. The van der Waals surface area contributed by atoms with Crippen LogP contribution in [-0.2, 0) is 21.8 Å². The Kier molecular flexibility index (Phi) is 10.3. The van der Waals surface area contributed by atoms with Gasteiger partial charge < -0.3 is 24.8 Å². The summed E-state index contributed by atoms with van der Waals surface area (Å²) in [5, 5.41) is 23.8. The Morgan fingerprint density at radius 2 is 1.75 bits per heavy atom. The van der Waals surface area contributed by atoms with Crippen molar-refractivity contribution in [2.24, 2.45) is 0 Å². The topological polar surface area (TPSA) is 135 Å². The van der Waals surface area contributed by atoms with Gasteiger partial charge in [0.25, 0.3) is 0 Å². The van der Waals surface area contributed by atoms with Gasteiger partial charge in [-0.05, 0) is 91.4 Å². The van der Waals surface area contributed by atoms with Gasteiger partial charge in [-0.15, -0.1) is 5.10 Å². The van der Waals surface area contributed by atoms with Gasteiger partial charge in [0, 0.05) is 35.1 Å². The number of hydrogen-bond acceptors (Lipinski definition) is 10. The summed E-state index contributed by atoms with van der Waals surface area (Å²) >= 11 is 12.7. The zero-order valence-corrected chi connectivity index (χ0v) is 28.4. The van der Waals surface area contributed by atoms with E-state index in [1.807, 2.05) is 62.4 Å². The van der Waals surface area contributed by atoms with E-state index in [4.69, 9.17) is 37.4 Å². The van der Waals surface area contributed by atoms with Gasteiger partial charge in [0.05, 0.1) is 23.4 Å². The molecule has 48 heavy (non-hydrogen) atoms. The molecule has 0 aliphatic carbocycles. The Bertz CT molecular complexity index is 1880. The number of aromatic nitrogens is 7. The van der Waals surface area contributed by atoms with Crippen molar-refractivity contribution in [3.8, 4) is 11.4 Å². The molecule has 0 radical (unpaired) electrons. The SMILES string of the molecule is CCC(C)n1ncn(-c2ccc(NCCNc3ccc(OC[C@@H]4CO[C@@](Cn5nnnc5C)(c5ccc(Cl)cc5Cl)O4)cc3)cc2)c1=O. The monoisotopic (exact) mass is 693 g/mol.